The van der Waals surface area contributed by atoms with E-state index in [-0.39, 0.29) is 11.5 Å². The van der Waals surface area contributed by atoms with Crippen LogP contribution in [0.15, 0.2) is 90.6 Å². The topological polar surface area (TPSA) is 76.6 Å². The first-order valence-electron chi connectivity index (χ1n) is 10.7. The molecule has 0 saturated heterocycles. The van der Waals surface area contributed by atoms with Crippen LogP contribution in [0.1, 0.15) is 29.9 Å². The van der Waals surface area contributed by atoms with Crippen LogP contribution in [-0.4, -0.2) is 10.5 Å². The Morgan fingerprint density at radius 1 is 1.17 bits per heavy atom. The smallest absolute Gasteiger partial charge is 0.271 e. The molecule has 5 rings (SSSR count). The van der Waals surface area contributed by atoms with E-state index in [1.165, 1.54) is 11.3 Å². The third-order valence-corrected chi connectivity index (χ3v) is 8.74. The van der Waals surface area contributed by atoms with Crippen LogP contribution in [0.2, 0.25) is 0 Å². The SMILES string of the molecule is CC1=C(C(=O)Nc2ccccc2)[C@H](c2ccc(C)cc2)n2c(s/c(=C/c3cc(Br)c(I)o3)c2=O)=N1. The minimum atomic E-state index is -0.610. The number of carbonyl (C=O) groups excluding carboxylic acids is 1. The maximum Gasteiger partial charge on any atom is 0.271 e. The van der Waals surface area contributed by atoms with Gasteiger partial charge in [-0.05, 0) is 53.5 Å². The summed E-state index contributed by atoms with van der Waals surface area (Å²) in [6.45, 7) is 3.81. The number of allylic oxidation sites excluding steroid dienone is 1. The Morgan fingerprint density at radius 2 is 1.89 bits per heavy atom. The molecule has 0 aliphatic carbocycles. The summed E-state index contributed by atoms with van der Waals surface area (Å²) in [5.74, 6) is 0.276. The highest BCUT2D eigenvalue weighted by Gasteiger charge is 2.32. The van der Waals surface area contributed by atoms with Crippen molar-refractivity contribution in [3.05, 3.63) is 117 Å². The molecule has 0 unspecified atom stereocenters. The second kappa shape index (κ2) is 9.71. The van der Waals surface area contributed by atoms with E-state index in [4.69, 9.17) is 4.42 Å². The predicted octanol–water partition coefficient (Wildman–Crippen LogP) is 5.14. The van der Waals surface area contributed by atoms with E-state index in [1.54, 1.807) is 10.6 Å². The molecule has 1 aliphatic rings. The third-order valence-electron chi connectivity index (χ3n) is 5.63. The number of thiazole rings is 1. The van der Waals surface area contributed by atoms with Gasteiger partial charge < -0.3 is 9.73 Å². The fourth-order valence-electron chi connectivity index (χ4n) is 3.96. The number of fused-ring (bicyclic) bond motifs is 1. The molecular formula is C26H19BrIN3O3S. The van der Waals surface area contributed by atoms with E-state index >= 15 is 0 Å². The van der Waals surface area contributed by atoms with Gasteiger partial charge in [0.15, 0.2) is 8.57 Å². The number of halogens is 2. The van der Waals surface area contributed by atoms with Crippen molar-refractivity contribution in [1.29, 1.82) is 0 Å². The Morgan fingerprint density at radius 3 is 2.54 bits per heavy atom. The van der Waals surface area contributed by atoms with Crippen LogP contribution in [0.5, 0.6) is 0 Å². The number of hydrogen-bond acceptors (Lipinski definition) is 5. The number of aryl methyl sites for hydroxylation is 1. The number of anilines is 1. The average Bonchev–Trinajstić information content (AvgIpc) is 3.31. The van der Waals surface area contributed by atoms with E-state index in [0.717, 1.165) is 15.6 Å². The van der Waals surface area contributed by atoms with Crippen molar-refractivity contribution in [2.45, 2.75) is 19.9 Å². The molecule has 0 spiro atoms. The molecular weight excluding hydrogens is 641 g/mol. The van der Waals surface area contributed by atoms with Gasteiger partial charge in [-0.2, -0.15) is 0 Å². The average molecular weight is 660 g/mol. The van der Waals surface area contributed by atoms with Crippen molar-refractivity contribution in [1.82, 2.24) is 4.57 Å². The molecule has 1 atom stereocenters. The Kier molecular flexibility index (Phi) is 6.65. The molecule has 3 heterocycles. The lowest BCUT2D eigenvalue weighted by Crippen LogP contribution is -2.40. The molecule has 2 aromatic heterocycles. The number of nitrogens with zero attached hydrogens (tertiary/aromatic N) is 2. The summed E-state index contributed by atoms with van der Waals surface area (Å²) in [4.78, 5) is 32.4. The van der Waals surface area contributed by atoms with Gasteiger partial charge in [0.1, 0.15) is 5.76 Å². The fraction of sp³-hybridized carbons (Fsp3) is 0.115. The van der Waals surface area contributed by atoms with Crippen LogP contribution in [0.3, 0.4) is 0 Å². The number of amides is 1. The predicted molar refractivity (Wildman–Crippen MR) is 149 cm³/mol. The summed E-state index contributed by atoms with van der Waals surface area (Å²) in [7, 11) is 0. The van der Waals surface area contributed by atoms with E-state index in [9.17, 15) is 9.59 Å². The quantitative estimate of drug-likeness (QED) is 0.308. The zero-order chi connectivity index (χ0) is 24.7. The third kappa shape index (κ3) is 4.72. The molecule has 1 N–H and O–H groups in total. The number of hydrogen-bond donors (Lipinski definition) is 1. The Bertz CT molecular complexity index is 1630. The van der Waals surface area contributed by atoms with Crippen molar-refractivity contribution >= 4 is 67.5 Å². The van der Waals surface area contributed by atoms with Crippen molar-refractivity contribution in [3.63, 3.8) is 0 Å². The van der Waals surface area contributed by atoms with Crippen LogP contribution in [0.4, 0.5) is 5.69 Å². The molecule has 0 saturated carbocycles. The van der Waals surface area contributed by atoms with Crippen LogP contribution in [-0.2, 0) is 4.79 Å². The highest BCUT2D eigenvalue weighted by molar-refractivity contribution is 14.1. The Balaban J connectivity index is 1.68. The van der Waals surface area contributed by atoms with E-state index < -0.39 is 6.04 Å². The van der Waals surface area contributed by atoms with Crippen molar-refractivity contribution in [2.24, 2.45) is 4.99 Å². The number of furan rings is 1. The highest BCUT2D eigenvalue weighted by Crippen LogP contribution is 2.31. The van der Waals surface area contributed by atoms with Gasteiger partial charge in [0.05, 0.1) is 26.3 Å². The molecule has 0 fully saturated rings. The first-order chi connectivity index (χ1) is 16.8. The Labute approximate surface area is 227 Å². The summed E-state index contributed by atoms with van der Waals surface area (Å²) in [5, 5.41) is 2.96. The van der Waals surface area contributed by atoms with Gasteiger partial charge in [-0.3, -0.25) is 14.2 Å². The summed E-state index contributed by atoms with van der Waals surface area (Å²) in [6, 6.07) is 18.3. The van der Waals surface area contributed by atoms with Crippen LogP contribution >= 0.6 is 49.9 Å². The van der Waals surface area contributed by atoms with Crippen molar-refractivity contribution in [2.75, 3.05) is 5.32 Å². The zero-order valence-corrected chi connectivity index (χ0v) is 23.3. The zero-order valence-electron chi connectivity index (χ0n) is 18.7. The van der Waals surface area contributed by atoms with E-state index in [2.05, 4.69) is 48.8 Å². The highest BCUT2D eigenvalue weighted by atomic mass is 127. The minimum Gasteiger partial charge on any atom is -0.450 e. The molecule has 35 heavy (non-hydrogen) atoms. The first kappa shape index (κ1) is 24.0. The molecule has 0 radical (unpaired) electrons. The first-order valence-corrected chi connectivity index (χ1v) is 13.4. The van der Waals surface area contributed by atoms with Gasteiger partial charge in [0.2, 0.25) is 0 Å². The van der Waals surface area contributed by atoms with Gasteiger partial charge in [0, 0.05) is 34.4 Å². The number of aromatic nitrogens is 1. The molecule has 4 aromatic rings. The van der Waals surface area contributed by atoms with Crippen molar-refractivity contribution in [3.8, 4) is 0 Å². The standard InChI is InChI=1S/C26H19BrIN3O3S/c1-14-8-10-16(11-9-14)22-21(24(32)30-17-6-4-3-5-7-17)15(2)29-26-31(22)25(33)20(35-26)13-18-12-19(27)23(28)34-18/h3-13,22H,1-2H3,(H,30,32)/b20-13+/t22-/m0/s1. The van der Waals surface area contributed by atoms with Crippen LogP contribution < -0.4 is 20.2 Å². The second-order valence-corrected chi connectivity index (χ2v) is 10.9. The number of rotatable bonds is 4. The van der Waals surface area contributed by atoms with Gasteiger partial charge in [-0.1, -0.05) is 59.4 Å². The Hall–Kier alpha value is -2.76. The molecule has 9 heteroatoms. The molecule has 1 amide bonds. The van der Waals surface area contributed by atoms with Crippen molar-refractivity contribution < 1.29 is 9.21 Å². The van der Waals surface area contributed by atoms with Gasteiger partial charge >= 0.3 is 0 Å². The summed E-state index contributed by atoms with van der Waals surface area (Å²) >= 11 is 6.80. The van der Waals surface area contributed by atoms with Gasteiger partial charge in [0.25, 0.3) is 11.5 Å². The molecule has 0 bridgehead atoms. The van der Waals surface area contributed by atoms with Gasteiger partial charge in [-0.25, -0.2) is 4.99 Å². The summed E-state index contributed by atoms with van der Waals surface area (Å²) < 4.78 is 9.33. The number of benzene rings is 2. The maximum absolute atomic E-state index is 13.7. The summed E-state index contributed by atoms with van der Waals surface area (Å²) in [6.07, 6.45) is 1.71. The number of carbonyl (C=O) groups is 1. The fourth-order valence-corrected chi connectivity index (χ4v) is 5.70. The normalized spacial score (nSPS) is 15.7. The maximum atomic E-state index is 13.7. The molecule has 2 aromatic carbocycles. The lowest BCUT2D eigenvalue weighted by molar-refractivity contribution is -0.113. The molecule has 176 valence electrons. The largest absolute Gasteiger partial charge is 0.450 e. The monoisotopic (exact) mass is 659 g/mol. The van der Waals surface area contributed by atoms with E-state index in [0.29, 0.717) is 35.8 Å². The molecule has 6 nitrogen and oxygen atoms in total. The number of nitrogens with one attached hydrogen (secondary N) is 1. The minimum absolute atomic E-state index is 0.223. The summed E-state index contributed by atoms with van der Waals surface area (Å²) in [5.41, 5.74) is 3.40. The van der Waals surface area contributed by atoms with E-state index in [1.807, 2.05) is 74.5 Å². The second-order valence-electron chi connectivity index (χ2n) is 8.08. The van der Waals surface area contributed by atoms with Crippen LogP contribution in [0.25, 0.3) is 6.08 Å². The van der Waals surface area contributed by atoms with Gasteiger partial charge in [-0.15, -0.1) is 0 Å². The number of para-hydroxylation sites is 1. The lowest BCUT2D eigenvalue weighted by atomic mass is 9.94. The van der Waals surface area contributed by atoms with Crippen LogP contribution in [0, 0.1) is 10.7 Å². The lowest BCUT2D eigenvalue weighted by Gasteiger charge is -2.25. The molecule has 1 aliphatic heterocycles.